The molecular formula is C17H25N7. The van der Waals surface area contributed by atoms with Crippen LogP contribution in [0.1, 0.15) is 43.5 Å². The molecule has 0 fully saturated rings. The Morgan fingerprint density at radius 2 is 2.17 bits per heavy atom. The molecule has 1 aliphatic rings. The van der Waals surface area contributed by atoms with Crippen molar-refractivity contribution in [3.63, 3.8) is 0 Å². The van der Waals surface area contributed by atoms with Crippen molar-refractivity contribution in [1.29, 1.82) is 0 Å². The Labute approximate surface area is 142 Å². The lowest BCUT2D eigenvalue weighted by Crippen LogP contribution is -2.37. The molecule has 3 rings (SSSR count). The first kappa shape index (κ1) is 16.4. The third kappa shape index (κ3) is 4.31. The molecule has 2 aromatic heterocycles. The first-order chi connectivity index (χ1) is 11.9. The Hall–Kier alpha value is -2.44. The van der Waals surface area contributed by atoms with Gasteiger partial charge in [0.2, 0.25) is 0 Å². The topological polar surface area (TPSA) is 80.0 Å². The summed E-state index contributed by atoms with van der Waals surface area (Å²) in [6.45, 7) is 5.06. The summed E-state index contributed by atoms with van der Waals surface area (Å²) in [6, 6.07) is 5.86. The quantitative estimate of drug-likeness (QED) is 0.645. The summed E-state index contributed by atoms with van der Waals surface area (Å²) in [5, 5.41) is 15.3. The van der Waals surface area contributed by atoms with Gasteiger partial charge >= 0.3 is 0 Å². The molecule has 2 aromatic rings. The zero-order valence-electron chi connectivity index (χ0n) is 14.2. The van der Waals surface area contributed by atoms with Gasteiger partial charge in [-0.3, -0.25) is 4.98 Å². The Bertz CT molecular complexity index is 663. The molecule has 128 valence electrons. The molecule has 0 aromatic carbocycles. The van der Waals surface area contributed by atoms with Crippen LogP contribution in [0.4, 0.5) is 0 Å². The van der Waals surface area contributed by atoms with Crippen LogP contribution in [0.5, 0.6) is 0 Å². The van der Waals surface area contributed by atoms with Gasteiger partial charge in [0.05, 0.1) is 18.8 Å². The van der Waals surface area contributed by atoms with Crippen molar-refractivity contribution in [2.24, 2.45) is 4.99 Å². The average Bonchev–Trinajstić information content (AvgIpc) is 2.85. The number of hydrogen-bond donors (Lipinski definition) is 2. The van der Waals surface area contributed by atoms with Gasteiger partial charge in [0, 0.05) is 25.7 Å². The number of aromatic nitrogens is 4. The maximum atomic E-state index is 4.59. The van der Waals surface area contributed by atoms with E-state index in [1.54, 1.807) is 6.20 Å². The van der Waals surface area contributed by atoms with Gasteiger partial charge in [-0.25, -0.2) is 4.99 Å². The van der Waals surface area contributed by atoms with Crippen molar-refractivity contribution in [1.82, 2.24) is 30.4 Å². The van der Waals surface area contributed by atoms with Crippen molar-refractivity contribution < 1.29 is 0 Å². The first-order valence-electron chi connectivity index (χ1n) is 8.70. The number of pyridine rings is 1. The molecule has 2 N–H and O–H groups in total. The van der Waals surface area contributed by atoms with Gasteiger partial charge in [-0.1, -0.05) is 12.5 Å². The Morgan fingerprint density at radius 3 is 3.00 bits per heavy atom. The molecule has 0 unspecified atom stereocenters. The average molecular weight is 327 g/mol. The molecule has 24 heavy (non-hydrogen) atoms. The number of nitrogens with one attached hydrogen (secondary N) is 2. The Balaban J connectivity index is 1.63. The van der Waals surface area contributed by atoms with Crippen LogP contribution in [0.25, 0.3) is 0 Å². The maximum Gasteiger partial charge on any atom is 0.192 e. The summed E-state index contributed by atoms with van der Waals surface area (Å²) >= 11 is 0. The molecule has 0 spiro atoms. The second-order valence-electron chi connectivity index (χ2n) is 5.86. The third-order valence-electron chi connectivity index (χ3n) is 4.07. The molecule has 0 aliphatic carbocycles. The van der Waals surface area contributed by atoms with E-state index in [4.69, 9.17) is 0 Å². The van der Waals surface area contributed by atoms with E-state index >= 15 is 0 Å². The fourth-order valence-electron chi connectivity index (χ4n) is 2.83. The minimum absolute atomic E-state index is 0.550. The minimum Gasteiger partial charge on any atom is -0.357 e. The SMILES string of the molecule is CCNC(=NCc1ccccn1)NCc1nnc2n1CCCCC2. The highest BCUT2D eigenvalue weighted by Crippen LogP contribution is 2.14. The van der Waals surface area contributed by atoms with E-state index < -0.39 is 0 Å². The number of hydrogen-bond acceptors (Lipinski definition) is 4. The molecule has 7 nitrogen and oxygen atoms in total. The number of rotatable bonds is 5. The van der Waals surface area contributed by atoms with Gasteiger partial charge in [0.25, 0.3) is 0 Å². The molecule has 0 saturated carbocycles. The lowest BCUT2D eigenvalue weighted by Gasteiger charge is -2.12. The molecule has 0 amide bonds. The molecular weight excluding hydrogens is 302 g/mol. The van der Waals surface area contributed by atoms with E-state index in [1.165, 1.54) is 19.3 Å². The molecule has 3 heterocycles. The number of guanidine groups is 1. The fourth-order valence-corrected chi connectivity index (χ4v) is 2.83. The maximum absolute atomic E-state index is 4.59. The standard InChI is InChI=1S/C17H25N7/c1-2-18-17(20-12-14-8-5-6-10-19-14)21-13-16-23-22-15-9-4-3-7-11-24(15)16/h5-6,8,10H,2-4,7,9,11-13H2,1H3,(H2,18,20,21). The zero-order chi connectivity index (χ0) is 16.6. The highest BCUT2D eigenvalue weighted by molar-refractivity contribution is 5.79. The number of nitrogens with zero attached hydrogens (tertiary/aromatic N) is 5. The van der Waals surface area contributed by atoms with Gasteiger partial charge in [0.1, 0.15) is 5.82 Å². The van der Waals surface area contributed by atoms with Crippen molar-refractivity contribution in [2.45, 2.75) is 52.2 Å². The molecule has 0 radical (unpaired) electrons. The summed E-state index contributed by atoms with van der Waals surface area (Å²) in [7, 11) is 0. The van der Waals surface area contributed by atoms with Crippen LogP contribution >= 0.6 is 0 Å². The zero-order valence-corrected chi connectivity index (χ0v) is 14.2. The van der Waals surface area contributed by atoms with Crippen molar-refractivity contribution in [3.8, 4) is 0 Å². The van der Waals surface area contributed by atoms with Gasteiger partial charge in [-0.2, -0.15) is 0 Å². The Kier molecular flexibility index (Phi) is 5.76. The van der Waals surface area contributed by atoms with Crippen LogP contribution in [0.15, 0.2) is 29.4 Å². The lowest BCUT2D eigenvalue weighted by atomic mass is 10.2. The van der Waals surface area contributed by atoms with Gasteiger partial charge in [-0.05, 0) is 31.9 Å². The third-order valence-corrected chi connectivity index (χ3v) is 4.07. The van der Waals surface area contributed by atoms with E-state index in [0.29, 0.717) is 13.1 Å². The summed E-state index contributed by atoms with van der Waals surface area (Å²) < 4.78 is 2.25. The molecule has 0 bridgehead atoms. The monoisotopic (exact) mass is 327 g/mol. The van der Waals surface area contributed by atoms with Crippen LogP contribution < -0.4 is 10.6 Å². The largest absolute Gasteiger partial charge is 0.357 e. The summed E-state index contributed by atoms with van der Waals surface area (Å²) in [5.74, 6) is 2.86. The van der Waals surface area contributed by atoms with Crippen LogP contribution in [-0.4, -0.2) is 32.3 Å². The first-order valence-corrected chi connectivity index (χ1v) is 8.70. The smallest absolute Gasteiger partial charge is 0.192 e. The lowest BCUT2D eigenvalue weighted by molar-refractivity contribution is 0.596. The van der Waals surface area contributed by atoms with Gasteiger partial charge < -0.3 is 15.2 Å². The van der Waals surface area contributed by atoms with Crippen LogP contribution in [0.3, 0.4) is 0 Å². The van der Waals surface area contributed by atoms with Crippen molar-refractivity contribution >= 4 is 5.96 Å². The molecule has 0 atom stereocenters. The fraction of sp³-hybridized carbons (Fsp3) is 0.529. The van der Waals surface area contributed by atoms with Crippen LogP contribution in [-0.2, 0) is 26.1 Å². The van der Waals surface area contributed by atoms with E-state index in [9.17, 15) is 0 Å². The number of aryl methyl sites for hydroxylation is 1. The molecule has 1 aliphatic heterocycles. The highest BCUT2D eigenvalue weighted by Gasteiger charge is 2.14. The van der Waals surface area contributed by atoms with E-state index in [1.807, 2.05) is 18.2 Å². The molecule has 7 heteroatoms. The van der Waals surface area contributed by atoms with Crippen LogP contribution in [0.2, 0.25) is 0 Å². The predicted octanol–water partition coefficient (Wildman–Crippen LogP) is 1.65. The number of fused-ring (bicyclic) bond motifs is 1. The highest BCUT2D eigenvalue weighted by atomic mass is 15.3. The Morgan fingerprint density at radius 1 is 1.21 bits per heavy atom. The van der Waals surface area contributed by atoms with Crippen molar-refractivity contribution in [3.05, 3.63) is 41.7 Å². The van der Waals surface area contributed by atoms with Crippen molar-refractivity contribution in [2.75, 3.05) is 6.54 Å². The van der Waals surface area contributed by atoms with Gasteiger partial charge in [0.15, 0.2) is 11.8 Å². The van der Waals surface area contributed by atoms with E-state index in [2.05, 4.69) is 42.3 Å². The summed E-state index contributed by atoms with van der Waals surface area (Å²) in [6.07, 6.45) is 6.49. The van der Waals surface area contributed by atoms with Gasteiger partial charge in [-0.15, -0.1) is 10.2 Å². The van der Waals surface area contributed by atoms with E-state index in [0.717, 1.165) is 42.8 Å². The van der Waals surface area contributed by atoms with Crippen LogP contribution in [0, 0.1) is 0 Å². The minimum atomic E-state index is 0.550. The number of aliphatic imine (C=N–C) groups is 1. The predicted molar refractivity (Wildman–Crippen MR) is 93.5 cm³/mol. The molecule has 0 saturated heterocycles. The summed E-state index contributed by atoms with van der Waals surface area (Å²) in [4.78, 5) is 8.89. The second kappa shape index (κ2) is 8.42. The normalized spacial score (nSPS) is 14.8. The second-order valence-corrected chi connectivity index (χ2v) is 5.86. The van der Waals surface area contributed by atoms with E-state index in [-0.39, 0.29) is 0 Å². The summed E-state index contributed by atoms with van der Waals surface area (Å²) in [5.41, 5.74) is 0.950.